The first-order valence-electron chi connectivity index (χ1n) is 4.22. The van der Waals surface area contributed by atoms with E-state index in [0.29, 0.717) is 6.42 Å². The summed E-state index contributed by atoms with van der Waals surface area (Å²) in [5, 5.41) is -0.202. The number of halogens is 3. The van der Waals surface area contributed by atoms with Gasteiger partial charge in [-0.3, -0.25) is 0 Å². The van der Waals surface area contributed by atoms with Gasteiger partial charge in [-0.2, -0.15) is 0 Å². The van der Waals surface area contributed by atoms with Crippen molar-refractivity contribution in [3.05, 3.63) is 35.4 Å². The summed E-state index contributed by atoms with van der Waals surface area (Å²) in [4.78, 5) is 0. The van der Waals surface area contributed by atoms with Crippen molar-refractivity contribution in [2.75, 3.05) is 0 Å². The van der Waals surface area contributed by atoms with E-state index < -0.39 is 11.6 Å². The summed E-state index contributed by atoms with van der Waals surface area (Å²) >= 11 is 5.81. The van der Waals surface area contributed by atoms with Crippen molar-refractivity contribution < 1.29 is 8.78 Å². The van der Waals surface area contributed by atoms with E-state index in [1.54, 1.807) is 0 Å². The Labute approximate surface area is 81.5 Å². The van der Waals surface area contributed by atoms with Crippen molar-refractivity contribution in [3.8, 4) is 0 Å². The molecular formula is C10H11ClF2. The van der Waals surface area contributed by atoms with Crippen molar-refractivity contribution in [3.63, 3.8) is 0 Å². The van der Waals surface area contributed by atoms with Crippen molar-refractivity contribution >= 4 is 11.6 Å². The van der Waals surface area contributed by atoms with Crippen LogP contribution < -0.4 is 0 Å². The zero-order valence-electron chi connectivity index (χ0n) is 7.36. The molecule has 0 bridgehead atoms. The highest BCUT2D eigenvalue weighted by atomic mass is 35.5. The van der Waals surface area contributed by atoms with Crippen LogP contribution >= 0.6 is 11.6 Å². The van der Waals surface area contributed by atoms with E-state index in [4.69, 9.17) is 11.6 Å². The predicted octanol–water partition coefficient (Wildman–Crippen LogP) is 3.52. The Morgan fingerprint density at radius 2 is 1.85 bits per heavy atom. The van der Waals surface area contributed by atoms with Gasteiger partial charge in [-0.05, 0) is 25.0 Å². The SMILES string of the molecule is CCC(Cl)Cc1c(F)cccc1F. The molecule has 0 nitrogen and oxygen atoms in total. The molecule has 13 heavy (non-hydrogen) atoms. The Morgan fingerprint density at radius 1 is 1.31 bits per heavy atom. The van der Waals surface area contributed by atoms with Gasteiger partial charge in [0.25, 0.3) is 0 Å². The summed E-state index contributed by atoms with van der Waals surface area (Å²) in [7, 11) is 0. The highest BCUT2D eigenvalue weighted by molar-refractivity contribution is 6.20. The Kier molecular flexibility index (Phi) is 3.67. The molecule has 1 atom stereocenters. The molecule has 0 fully saturated rings. The Morgan fingerprint density at radius 3 is 2.31 bits per heavy atom. The minimum absolute atomic E-state index is 0.0874. The first kappa shape index (κ1) is 10.5. The monoisotopic (exact) mass is 204 g/mol. The standard InChI is InChI=1S/C10H11ClF2/c1-2-7(11)6-8-9(12)4-3-5-10(8)13/h3-5,7H,2,6H2,1H3. The normalized spacial score (nSPS) is 12.9. The fourth-order valence-electron chi connectivity index (χ4n) is 1.09. The van der Waals surface area contributed by atoms with Crippen LogP contribution in [0.1, 0.15) is 18.9 Å². The number of alkyl halides is 1. The third-order valence-electron chi connectivity index (χ3n) is 1.93. The minimum Gasteiger partial charge on any atom is -0.207 e. The summed E-state index contributed by atoms with van der Waals surface area (Å²) in [5.41, 5.74) is 0.0874. The van der Waals surface area contributed by atoms with Crippen LogP contribution in [0.5, 0.6) is 0 Å². The fraction of sp³-hybridized carbons (Fsp3) is 0.400. The second-order valence-corrected chi connectivity index (χ2v) is 3.53. The van der Waals surface area contributed by atoms with Crippen LogP contribution in [0, 0.1) is 11.6 Å². The molecule has 1 unspecified atom stereocenters. The maximum Gasteiger partial charge on any atom is 0.129 e. The molecule has 0 heterocycles. The van der Waals surface area contributed by atoms with E-state index in [1.165, 1.54) is 18.2 Å². The summed E-state index contributed by atoms with van der Waals surface area (Å²) in [5.74, 6) is -1.03. The molecule has 0 N–H and O–H groups in total. The maximum atomic E-state index is 13.0. The quantitative estimate of drug-likeness (QED) is 0.661. The van der Waals surface area contributed by atoms with Gasteiger partial charge in [0.1, 0.15) is 11.6 Å². The molecule has 1 rings (SSSR count). The van der Waals surface area contributed by atoms with Gasteiger partial charge in [0.05, 0.1) is 0 Å². The molecule has 1 aromatic carbocycles. The van der Waals surface area contributed by atoms with Gasteiger partial charge in [0.2, 0.25) is 0 Å². The summed E-state index contributed by atoms with van der Waals surface area (Å²) < 4.78 is 26.1. The van der Waals surface area contributed by atoms with Gasteiger partial charge in [-0.1, -0.05) is 13.0 Å². The molecule has 0 aromatic heterocycles. The molecule has 0 aliphatic heterocycles. The van der Waals surface area contributed by atoms with Gasteiger partial charge in [-0.15, -0.1) is 11.6 Å². The highest BCUT2D eigenvalue weighted by Crippen LogP contribution is 2.17. The molecular weight excluding hydrogens is 194 g/mol. The molecule has 0 radical (unpaired) electrons. The molecule has 0 spiro atoms. The van der Waals surface area contributed by atoms with E-state index in [9.17, 15) is 8.78 Å². The van der Waals surface area contributed by atoms with E-state index in [1.807, 2.05) is 6.92 Å². The van der Waals surface area contributed by atoms with Crippen LogP contribution in [0.15, 0.2) is 18.2 Å². The Hall–Kier alpha value is -0.630. The summed E-state index contributed by atoms with van der Waals surface area (Å²) in [6.45, 7) is 1.89. The van der Waals surface area contributed by atoms with Crippen LogP contribution in [0.3, 0.4) is 0 Å². The summed E-state index contributed by atoms with van der Waals surface area (Å²) in [6.07, 6.45) is 0.950. The van der Waals surface area contributed by atoms with Gasteiger partial charge >= 0.3 is 0 Å². The first-order chi connectivity index (χ1) is 6.15. The Bertz CT molecular complexity index is 266. The largest absolute Gasteiger partial charge is 0.207 e. The van der Waals surface area contributed by atoms with Gasteiger partial charge in [0, 0.05) is 10.9 Å². The average molecular weight is 205 g/mol. The third-order valence-corrected chi connectivity index (χ3v) is 2.39. The second kappa shape index (κ2) is 4.56. The number of hydrogen-bond acceptors (Lipinski definition) is 0. The lowest BCUT2D eigenvalue weighted by molar-refractivity contribution is 0.550. The average Bonchev–Trinajstić information content (AvgIpc) is 2.11. The van der Waals surface area contributed by atoms with E-state index in [0.717, 1.165) is 0 Å². The van der Waals surface area contributed by atoms with E-state index >= 15 is 0 Å². The zero-order chi connectivity index (χ0) is 9.84. The van der Waals surface area contributed by atoms with E-state index in [-0.39, 0.29) is 17.4 Å². The van der Waals surface area contributed by atoms with Crippen molar-refractivity contribution in [2.45, 2.75) is 25.1 Å². The minimum atomic E-state index is -0.515. The zero-order valence-corrected chi connectivity index (χ0v) is 8.11. The van der Waals surface area contributed by atoms with Crippen LogP contribution in [-0.4, -0.2) is 5.38 Å². The van der Waals surface area contributed by atoms with E-state index in [2.05, 4.69) is 0 Å². The molecule has 0 saturated carbocycles. The second-order valence-electron chi connectivity index (χ2n) is 2.91. The highest BCUT2D eigenvalue weighted by Gasteiger charge is 2.11. The molecule has 72 valence electrons. The van der Waals surface area contributed by atoms with Crippen LogP contribution in [-0.2, 0) is 6.42 Å². The van der Waals surface area contributed by atoms with Crippen molar-refractivity contribution in [1.29, 1.82) is 0 Å². The maximum absolute atomic E-state index is 13.0. The third kappa shape index (κ3) is 2.66. The summed E-state index contributed by atoms with van der Waals surface area (Å²) in [6, 6.07) is 3.85. The number of rotatable bonds is 3. The molecule has 0 saturated heterocycles. The number of hydrogen-bond donors (Lipinski definition) is 0. The molecule has 3 heteroatoms. The topological polar surface area (TPSA) is 0 Å². The Balaban J connectivity index is 2.87. The number of benzene rings is 1. The lowest BCUT2D eigenvalue weighted by Gasteiger charge is -2.07. The molecule has 1 aromatic rings. The molecule has 0 aliphatic rings. The smallest absolute Gasteiger partial charge is 0.129 e. The predicted molar refractivity (Wildman–Crippen MR) is 50.0 cm³/mol. The van der Waals surface area contributed by atoms with Crippen LogP contribution in [0.2, 0.25) is 0 Å². The van der Waals surface area contributed by atoms with Crippen molar-refractivity contribution in [1.82, 2.24) is 0 Å². The molecule has 0 amide bonds. The van der Waals surface area contributed by atoms with Crippen LogP contribution in [0.25, 0.3) is 0 Å². The van der Waals surface area contributed by atoms with Crippen molar-refractivity contribution in [2.24, 2.45) is 0 Å². The first-order valence-corrected chi connectivity index (χ1v) is 4.65. The fourth-order valence-corrected chi connectivity index (χ4v) is 1.25. The van der Waals surface area contributed by atoms with Crippen LogP contribution in [0.4, 0.5) is 8.78 Å². The van der Waals surface area contributed by atoms with Gasteiger partial charge in [0.15, 0.2) is 0 Å². The molecule has 0 aliphatic carbocycles. The lowest BCUT2D eigenvalue weighted by Crippen LogP contribution is -2.05. The lowest BCUT2D eigenvalue weighted by atomic mass is 10.1. The van der Waals surface area contributed by atoms with Gasteiger partial charge < -0.3 is 0 Å². The van der Waals surface area contributed by atoms with Gasteiger partial charge in [-0.25, -0.2) is 8.78 Å².